The Bertz CT molecular complexity index is 572. The minimum absolute atomic E-state index is 0.429. The van der Waals surface area contributed by atoms with Gasteiger partial charge in [0.25, 0.3) is 0 Å². The van der Waals surface area contributed by atoms with Gasteiger partial charge in [-0.25, -0.2) is 18.0 Å². The molecule has 0 radical (unpaired) electrons. The van der Waals surface area contributed by atoms with Crippen molar-refractivity contribution in [3.8, 4) is 0 Å². The van der Waals surface area contributed by atoms with Crippen LogP contribution in [-0.4, -0.2) is 27.4 Å². The SMILES string of the molecule is Nc1nc(=O)n(C2OC(CO)=C(F)C2F)cc1F. The van der Waals surface area contributed by atoms with Gasteiger partial charge in [0, 0.05) is 0 Å². The predicted molar refractivity (Wildman–Crippen MR) is 53.1 cm³/mol. The Morgan fingerprint density at radius 3 is 2.78 bits per heavy atom. The Hall–Kier alpha value is -2.03. The lowest BCUT2D eigenvalue weighted by Gasteiger charge is -2.16. The molecule has 0 fully saturated rings. The number of nitrogens with zero attached hydrogens (tertiary/aromatic N) is 2. The molecule has 3 N–H and O–H groups in total. The van der Waals surface area contributed by atoms with Crippen LogP contribution in [0.1, 0.15) is 6.23 Å². The van der Waals surface area contributed by atoms with E-state index in [9.17, 15) is 18.0 Å². The van der Waals surface area contributed by atoms with Gasteiger partial charge in [-0.15, -0.1) is 0 Å². The van der Waals surface area contributed by atoms with E-state index >= 15 is 0 Å². The van der Waals surface area contributed by atoms with Gasteiger partial charge < -0.3 is 15.6 Å². The number of rotatable bonds is 2. The average Bonchev–Trinajstić information content (AvgIpc) is 2.61. The van der Waals surface area contributed by atoms with Crippen molar-refractivity contribution in [2.75, 3.05) is 12.3 Å². The highest BCUT2D eigenvalue weighted by atomic mass is 19.2. The number of hydrogen-bond acceptors (Lipinski definition) is 5. The molecule has 0 saturated heterocycles. The molecule has 98 valence electrons. The van der Waals surface area contributed by atoms with Gasteiger partial charge in [0.05, 0.1) is 6.20 Å². The summed E-state index contributed by atoms with van der Waals surface area (Å²) in [4.78, 5) is 14.5. The van der Waals surface area contributed by atoms with Crippen molar-refractivity contribution in [1.29, 1.82) is 0 Å². The molecule has 9 heteroatoms. The molecule has 0 aromatic carbocycles. The van der Waals surface area contributed by atoms with Crippen molar-refractivity contribution < 1.29 is 23.0 Å². The van der Waals surface area contributed by atoms with E-state index in [1.807, 2.05) is 0 Å². The molecule has 2 rings (SSSR count). The van der Waals surface area contributed by atoms with Crippen LogP contribution >= 0.6 is 0 Å². The first kappa shape index (κ1) is 12.4. The lowest BCUT2D eigenvalue weighted by molar-refractivity contribution is 0.0174. The van der Waals surface area contributed by atoms with Crippen LogP contribution in [0.5, 0.6) is 0 Å². The molecule has 1 aliphatic rings. The van der Waals surface area contributed by atoms with Crippen molar-refractivity contribution in [3.63, 3.8) is 0 Å². The monoisotopic (exact) mass is 263 g/mol. The van der Waals surface area contributed by atoms with E-state index in [1.54, 1.807) is 0 Å². The van der Waals surface area contributed by atoms with E-state index in [0.29, 0.717) is 10.8 Å². The van der Waals surface area contributed by atoms with Crippen molar-refractivity contribution in [2.24, 2.45) is 0 Å². The van der Waals surface area contributed by atoms with Crippen LogP contribution in [0.2, 0.25) is 0 Å². The van der Waals surface area contributed by atoms with Crippen molar-refractivity contribution >= 4 is 5.82 Å². The van der Waals surface area contributed by atoms with Crippen molar-refractivity contribution in [3.05, 3.63) is 34.1 Å². The molecule has 0 amide bonds. The maximum absolute atomic E-state index is 13.5. The van der Waals surface area contributed by atoms with E-state index in [-0.39, 0.29) is 0 Å². The molecule has 1 aromatic rings. The van der Waals surface area contributed by atoms with E-state index in [2.05, 4.69) is 4.98 Å². The average molecular weight is 263 g/mol. The molecular formula is C9H8F3N3O3. The van der Waals surface area contributed by atoms with E-state index in [0.717, 1.165) is 0 Å². The third-order valence-electron chi connectivity index (χ3n) is 2.37. The van der Waals surface area contributed by atoms with Crippen molar-refractivity contribution in [1.82, 2.24) is 9.55 Å². The maximum atomic E-state index is 13.5. The minimum atomic E-state index is -2.32. The van der Waals surface area contributed by atoms with Gasteiger partial charge in [0.15, 0.2) is 23.2 Å². The van der Waals surface area contributed by atoms with Gasteiger partial charge >= 0.3 is 5.69 Å². The molecule has 6 nitrogen and oxygen atoms in total. The van der Waals surface area contributed by atoms with Crippen LogP contribution in [0.4, 0.5) is 19.0 Å². The highest BCUT2D eigenvalue weighted by Crippen LogP contribution is 2.34. The zero-order valence-corrected chi connectivity index (χ0v) is 8.81. The summed E-state index contributed by atoms with van der Waals surface area (Å²) >= 11 is 0. The van der Waals surface area contributed by atoms with Crippen LogP contribution in [0, 0.1) is 5.82 Å². The number of anilines is 1. The maximum Gasteiger partial charge on any atom is 0.352 e. The number of hydrogen-bond donors (Lipinski definition) is 2. The molecule has 2 heterocycles. The van der Waals surface area contributed by atoms with Crippen LogP contribution < -0.4 is 11.4 Å². The summed E-state index contributed by atoms with van der Waals surface area (Å²) in [5.41, 5.74) is 3.96. The van der Waals surface area contributed by atoms with E-state index in [1.165, 1.54) is 0 Å². The van der Waals surface area contributed by atoms with E-state index in [4.69, 9.17) is 15.6 Å². The first-order chi connectivity index (χ1) is 8.45. The van der Waals surface area contributed by atoms with Gasteiger partial charge in [-0.05, 0) is 0 Å². The van der Waals surface area contributed by atoms with Crippen LogP contribution in [0.25, 0.3) is 0 Å². The standard InChI is InChI=1S/C9H8F3N3O3/c10-3-1-15(9(17)14-7(3)13)8-6(12)5(11)4(2-16)18-8/h1,6,8,16H,2H2,(H2,13,14,17). The Labute approximate surface area is 98.1 Å². The summed E-state index contributed by atoms with van der Waals surface area (Å²) in [7, 11) is 0. The Morgan fingerprint density at radius 1 is 1.56 bits per heavy atom. The summed E-state index contributed by atoms with van der Waals surface area (Å²) in [5.74, 6) is -3.70. The van der Waals surface area contributed by atoms with Crippen LogP contribution in [0.3, 0.4) is 0 Å². The Morgan fingerprint density at radius 2 is 2.22 bits per heavy atom. The molecule has 1 aromatic heterocycles. The summed E-state index contributed by atoms with van der Waals surface area (Å²) in [6.45, 7) is -0.873. The normalized spacial score (nSPS) is 23.3. The molecule has 2 unspecified atom stereocenters. The minimum Gasteiger partial charge on any atom is -0.465 e. The number of ether oxygens (including phenoxy) is 1. The zero-order chi connectivity index (χ0) is 13.4. The predicted octanol–water partition coefficient (Wildman–Crippen LogP) is 0.00490. The number of aliphatic hydroxyl groups excluding tert-OH is 1. The van der Waals surface area contributed by atoms with Crippen molar-refractivity contribution in [2.45, 2.75) is 12.4 Å². The van der Waals surface area contributed by atoms with Gasteiger partial charge in [0.1, 0.15) is 6.61 Å². The van der Waals surface area contributed by atoms with Gasteiger partial charge in [-0.2, -0.15) is 4.98 Å². The fraction of sp³-hybridized carbons (Fsp3) is 0.333. The Kier molecular flexibility index (Phi) is 2.99. The molecule has 0 saturated carbocycles. The number of alkyl halides is 1. The number of nitrogen functional groups attached to an aromatic ring is 1. The highest BCUT2D eigenvalue weighted by molar-refractivity contribution is 5.27. The topological polar surface area (TPSA) is 90.4 Å². The molecule has 0 aliphatic carbocycles. The van der Waals surface area contributed by atoms with Gasteiger partial charge in [-0.1, -0.05) is 0 Å². The third-order valence-corrected chi connectivity index (χ3v) is 2.37. The van der Waals surface area contributed by atoms with Gasteiger partial charge in [0.2, 0.25) is 12.4 Å². The largest absolute Gasteiger partial charge is 0.465 e. The second-order valence-corrected chi connectivity index (χ2v) is 3.50. The lowest BCUT2D eigenvalue weighted by Crippen LogP contribution is -2.32. The van der Waals surface area contributed by atoms with E-state index < -0.39 is 47.9 Å². The number of halogens is 3. The molecule has 1 aliphatic heterocycles. The number of aromatic nitrogens is 2. The van der Waals surface area contributed by atoms with Gasteiger partial charge in [-0.3, -0.25) is 4.57 Å². The summed E-state index contributed by atoms with van der Waals surface area (Å²) in [6.07, 6.45) is -3.51. The zero-order valence-electron chi connectivity index (χ0n) is 8.81. The summed E-state index contributed by atoms with van der Waals surface area (Å²) in [6, 6.07) is 0. The fourth-order valence-electron chi connectivity index (χ4n) is 1.49. The molecule has 18 heavy (non-hydrogen) atoms. The molecule has 0 bridgehead atoms. The molecular weight excluding hydrogens is 255 g/mol. The molecule has 0 spiro atoms. The summed E-state index contributed by atoms with van der Waals surface area (Å²) < 4.78 is 45.0. The Balaban J connectivity index is 2.42. The quantitative estimate of drug-likeness (QED) is 0.784. The number of aliphatic hydroxyl groups is 1. The second-order valence-electron chi connectivity index (χ2n) is 3.50. The fourth-order valence-corrected chi connectivity index (χ4v) is 1.49. The summed E-state index contributed by atoms with van der Waals surface area (Å²) in [5, 5.41) is 8.70. The smallest absolute Gasteiger partial charge is 0.352 e. The first-order valence-corrected chi connectivity index (χ1v) is 4.80. The van der Waals surface area contributed by atoms with Crippen LogP contribution in [0.15, 0.2) is 22.6 Å². The van der Waals surface area contributed by atoms with Crippen LogP contribution in [-0.2, 0) is 4.74 Å². The molecule has 2 atom stereocenters. The second kappa shape index (κ2) is 4.33. The lowest BCUT2D eigenvalue weighted by atomic mass is 10.3. The first-order valence-electron chi connectivity index (χ1n) is 4.80. The highest BCUT2D eigenvalue weighted by Gasteiger charge is 2.39. The third kappa shape index (κ3) is 1.82. The number of nitrogens with two attached hydrogens (primary N) is 1.